The molecule has 104 valence electrons. The Morgan fingerprint density at radius 1 is 1.42 bits per heavy atom. The monoisotopic (exact) mass is 261 g/mol. The number of amides is 1. The summed E-state index contributed by atoms with van der Waals surface area (Å²) >= 11 is 0. The normalized spacial score (nSPS) is 21.9. The van der Waals surface area contributed by atoms with Crippen molar-refractivity contribution >= 4 is 11.6 Å². The standard InChI is InChI=1S/C15H23N3O/c1-12(16)14-9-5-6-10-18(14)11-15(19)17-13-7-3-2-4-8-13/h2-4,7-8,12,14H,5-6,9-11,16H2,1H3,(H,17,19). The van der Waals surface area contributed by atoms with Gasteiger partial charge in [-0.3, -0.25) is 9.69 Å². The van der Waals surface area contributed by atoms with Crippen LogP contribution in [-0.2, 0) is 4.79 Å². The second kappa shape index (κ2) is 6.68. The number of hydrogen-bond acceptors (Lipinski definition) is 3. The lowest BCUT2D eigenvalue weighted by Crippen LogP contribution is -2.51. The minimum atomic E-state index is 0.0405. The number of hydrogen-bond donors (Lipinski definition) is 2. The second-order valence-electron chi connectivity index (χ2n) is 5.31. The molecule has 1 aliphatic heterocycles. The molecule has 1 aromatic carbocycles. The smallest absolute Gasteiger partial charge is 0.238 e. The van der Waals surface area contributed by atoms with Crippen molar-refractivity contribution in [3.8, 4) is 0 Å². The third-order valence-corrected chi connectivity index (χ3v) is 3.68. The average Bonchev–Trinajstić information content (AvgIpc) is 2.40. The van der Waals surface area contributed by atoms with E-state index < -0.39 is 0 Å². The number of para-hydroxylation sites is 1. The number of likely N-dealkylation sites (tertiary alicyclic amines) is 1. The number of rotatable bonds is 4. The molecule has 0 bridgehead atoms. The van der Waals surface area contributed by atoms with E-state index in [9.17, 15) is 4.79 Å². The van der Waals surface area contributed by atoms with Crippen molar-refractivity contribution in [1.82, 2.24) is 4.90 Å². The van der Waals surface area contributed by atoms with Crippen molar-refractivity contribution in [2.45, 2.75) is 38.3 Å². The number of benzene rings is 1. The minimum Gasteiger partial charge on any atom is -0.327 e. The van der Waals surface area contributed by atoms with E-state index >= 15 is 0 Å². The molecule has 1 saturated heterocycles. The Hall–Kier alpha value is -1.39. The summed E-state index contributed by atoms with van der Waals surface area (Å²) in [7, 11) is 0. The molecule has 1 fully saturated rings. The molecule has 19 heavy (non-hydrogen) atoms. The molecule has 1 aliphatic rings. The lowest BCUT2D eigenvalue weighted by Gasteiger charge is -2.37. The number of carbonyl (C=O) groups is 1. The molecular formula is C15H23N3O. The Morgan fingerprint density at radius 2 is 2.16 bits per heavy atom. The summed E-state index contributed by atoms with van der Waals surface area (Å²) < 4.78 is 0. The highest BCUT2D eigenvalue weighted by molar-refractivity contribution is 5.92. The Labute approximate surface area is 115 Å². The molecule has 1 aromatic rings. The second-order valence-corrected chi connectivity index (χ2v) is 5.31. The topological polar surface area (TPSA) is 58.4 Å². The van der Waals surface area contributed by atoms with E-state index in [-0.39, 0.29) is 11.9 Å². The van der Waals surface area contributed by atoms with Crippen molar-refractivity contribution in [3.05, 3.63) is 30.3 Å². The van der Waals surface area contributed by atoms with Crippen LogP contribution in [0.25, 0.3) is 0 Å². The molecule has 2 rings (SSSR count). The summed E-state index contributed by atoms with van der Waals surface area (Å²) in [4.78, 5) is 14.3. The maximum absolute atomic E-state index is 12.1. The predicted molar refractivity (Wildman–Crippen MR) is 77.9 cm³/mol. The summed E-state index contributed by atoms with van der Waals surface area (Å²) in [5, 5.41) is 2.93. The third-order valence-electron chi connectivity index (χ3n) is 3.68. The molecule has 1 heterocycles. The molecule has 3 N–H and O–H groups in total. The van der Waals surface area contributed by atoms with Gasteiger partial charge in [-0.2, -0.15) is 0 Å². The van der Waals surface area contributed by atoms with Gasteiger partial charge in [-0.25, -0.2) is 0 Å². The van der Waals surface area contributed by atoms with Gasteiger partial charge in [-0.05, 0) is 38.4 Å². The van der Waals surface area contributed by atoms with Crippen molar-refractivity contribution in [2.24, 2.45) is 5.73 Å². The fourth-order valence-electron chi connectivity index (χ4n) is 2.71. The maximum atomic E-state index is 12.1. The van der Waals surface area contributed by atoms with Crippen LogP contribution in [0.15, 0.2) is 30.3 Å². The van der Waals surface area contributed by atoms with Crippen LogP contribution >= 0.6 is 0 Å². The predicted octanol–water partition coefficient (Wildman–Crippen LogP) is 1.83. The Morgan fingerprint density at radius 3 is 2.84 bits per heavy atom. The van der Waals surface area contributed by atoms with Crippen LogP contribution < -0.4 is 11.1 Å². The Bertz CT molecular complexity index is 405. The first-order valence-corrected chi connectivity index (χ1v) is 7.01. The van der Waals surface area contributed by atoms with E-state index in [1.54, 1.807) is 0 Å². The number of carbonyl (C=O) groups excluding carboxylic acids is 1. The number of nitrogens with one attached hydrogen (secondary N) is 1. The molecule has 2 unspecified atom stereocenters. The van der Waals surface area contributed by atoms with Crippen LogP contribution in [0, 0.1) is 0 Å². The van der Waals surface area contributed by atoms with E-state index in [4.69, 9.17) is 5.73 Å². The van der Waals surface area contributed by atoms with Gasteiger partial charge in [0.15, 0.2) is 0 Å². The fourth-order valence-corrected chi connectivity index (χ4v) is 2.71. The lowest BCUT2D eigenvalue weighted by molar-refractivity contribution is -0.118. The third kappa shape index (κ3) is 4.04. The summed E-state index contributed by atoms with van der Waals surface area (Å²) in [5.74, 6) is 0.0405. The molecule has 2 atom stereocenters. The zero-order valence-electron chi connectivity index (χ0n) is 11.5. The van der Waals surface area contributed by atoms with Crippen LogP contribution in [0.3, 0.4) is 0 Å². The van der Waals surface area contributed by atoms with Gasteiger partial charge < -0.3 is 11.1 Å². The van der Waals surface area contributed by atoms with Crippen LogP contribution in [0.4, 0.5) is 5.69 Å². The lowest BCUT2D eigenvalue weighted by atomic mass is 9.97. The average molecular weight is 261 g/mol. The molecule has 4 heteroatoms. The molecule has 0 aliphatic carbocycles. The van der Waals surface area contributed by atoms with E-state index in [2.05, 4.69) is 10.2 Å². The van der Waals surface area contributed by atoms with Crippen molar-refractivity contribution < 1.29 is 4.79 Å². The van der Waals surface area contributed by atoms with Gasteiger partial charge >= 0.3 is 0 Å². The largest absolute Gasteiger partial charge is 0.327 e. The van der Waals surface area contributed by atoms with Gasteiger partial charge in [0.1, 0.15) is 0 Å². The first kappa shape index (κ1) is 14.0. The summed E-state index contributed by atoms with van der Waals surface area (Å²) in [5.41, 5.74) is 6.86. The molecule has 0 aromatic heterocycles. The number of nitrogens with zero attached hydrogens (tertiary/aromatic N) is 1. The van der Waals surface area contributed by atoms with Crippen LogP contribution in [-0.4, -0.2) is 36.0 Å². The fraction of sp³-hybridized carbons (Fsp3) is 0.533. The maximum Gasteiger partial charge on any atom is 0.238 e. The van der Waals surface area contributed by atoms with E-state index in [1.807, 2.05) is 37.3 Å². The van der Waals surface area contributed by atoms with Crippen molar-refractivity contribution in [3.63, 3.8) is 0 Å². The Balaban J connectivity index is 1.90. The quantitative estimate of drug-likeness (QED) is 0.869. The van der Waals surface area contributed by atoms with Gasteiger partial charge in [-0.15, -0.1) is 0 Å². The van der Waals surface area contributed by atoms with Crippen LogP contribution in [0.1, 0.15) is 26.2 Å². The SMILES string of the molecule is CC(N)C1CCCCN1CC(=O)Nc1ccccc1. The van der Waals surface area contributed by atoms with Gasteiger partial charge in [0.2, 0.25) is 5.91 Å². The summed E-state index contributed by atoms with van der Waals surface area (Å²) in [6, 6.07) is 10.0. The van der Waals surface area contributed by atoms with E-state index in [0.717, 1.165) is 25.1 Å². The van der Waals surface area contributed by atoms with Gasteiger partial charge in [-0.1, -0.05) is 24.6 Å². The van der Waals surface area contributed by atoms with Crippen LogP contribution in [0.2, 0.25) is 0 Å². The van der Waals surface area contributed by atoms with Crippen molar-refractivity contribution in [1.29, 1.82) is 0 Å². The zero-order valence-corrected chi connectivity index (χ0v) is 11.5. The summed E-state index contributed by atoms with van der Waals surface area (Å²) in [6.07, 6.45) is 3.46. The molecule has 4 nitrogen and oxygen atoms in total. The highest BCUT2D eigenvalue weighted by Crippen LogP contribution is 2.18. The first-order valence-electron chi connectivity index (χ1n) is 7.01. The number of anilines is 1. The van der Waals surface area contributed by atoms with Gasteiger partial charge in [0.05, 0.1) is 6.54 Å². The van der Waals surface area contributed by atoms with Gasteiger partial charge in [0.25, 0.3) is 0 Å². The van der Waals surface area contributed by atoms with E-state index in [0.29, 0.717) is 12.6 Å². The number of piperidine rings is 1. The van der Waals surface area contributed by atoms with Gasteiger partial charge in [0, 0.05) is 17.8 Å². The molecule has 1 amide bonds. The Kier molecular flexibility index (Phi) is 4.93. The van der Waals surface area contributed by atoms with Crippen molar-refractivity contribution in [2.75, 3.05) is 18.4 Å². The number of nitrogens with two attached hydrogens (primary N) is 1. The first-order chi connectivity index (χ1) is 9.16. The van der Waals surface area contributed by atoms with Crippen LogP contribution in [0.5, 0.6) is 0 Å². The minimum absolute atomic E-state index is 0.0405. The highest BCUT2D eigenvalue weighted by atomic mass is 16.2. The highest BCUT2D eigenvalue weighted by Gasteiger charge is 2.26. The molecule has 0 radical (unpaired) electrons. The molecular weight excluding hydrogens is 238 g/mol. The summed E-state index contributed by atoms with van der Waals surface area (Å²) in [6.45, 7) is 3.42. The van der Waals surface area contributed by atoms with E-state index in [1.165, 1.54) is 6.42 Å². The molecule has 0 saturated carbocycles. The zero-order chi connectivity index (χ0) is 13.7. The molecule has 0 spiro atoms.